The molecule has 0 unspecified atom stereocenters. The Bertz CT molecular complexity index is 1210. The number of rotatable bonds is 4. The van der Waals surface area contributed by atoms with Gasteiger partial charge in [-0.15, -0.1) is 11.3 Å². The summed E-state index contributed by atoms with van der Waals surface area (Å²) in [5.41, 5.74) is 2.94. The van der Waals surface area contributed by atoms with Gasteiger partial charge in [0.05, 0.1) is 23.2 Å². The topological polar surface area (TPSA) is 43.9 Å². The number of halogens is 2. The molecule has 0 N–H and O–H groups in total. The van der Waals surface area contributed by atoms with Crippen molar-refractivity contribution in [1.82, 2.24) is 14.7 Å². The molecular formula is C27H27Cl2N3O2S. The van der Waals surface area contributed by atoms with Crippen LogP contribution in [0.1, 0.15) is 38.8 Å². The standard InChI is InChI=1S/C27H27Cl2N3O2S/c28-20-8-6-19(7-9-20)26-22-11-17-35-24(22)10-14-32(26)18-25(33)30-12-3-13-31(16-15-30)27(34)21-4-1-2-5-23(21)29/h1-2,4-9,11,17,26H,3,10,12-16,18H2/t26-/m1/s1. The van der Waals surface area contributed by atoms with Crippen molar-refractivity contribution in [2.24, 2.45) is 0 Å². The van der Waals surface area contributed by atoms with Crippen LogP contribution in [-0.4, -0.2) is 65.8 Å². The Kier molecular flexibility index (Phi) is 7.44. The van der Waals surface area contributed by atoms with E-state index in [2.05, 4.69) is 28.5 Å². The zero-order chi connectivity index (χ0) is 24.4. The van der Waals surface area contributed by atoms with Crippen molar-refractivity contribution in [1.29, 1.82) is 0 Å². The molecule has 0 saturated carbocycles. The smallest absolute Gasteiger partial charge is 0.255 e. The van der Waals surface area contributed by atoms with Crippen molar-refractivity contribution in [3.63, 3.8) is 0 Å². The quantitative estimate of drug-likeness (QED) is 0.457. The lowest BCUT2D eigenvalue weighted by atomic mass is 9.93. The van der Waals surface area contributed by atoms with E-state index in [9.17, 15) is 9.59 Å². The molecule has 1 saturated heterocycles. The molecule has 0 bridgehead atoms. The maximum Gasteiger partial charge on any atom is 0.255 e. The van der Waals surface area contributed by atoms with E-state index in [1.54, 1.807) is 23.5 Å². The highest BCUT2D eigenvalue weighted by atomic mass is 35.5. The van der Waals surface area contributed by atoms with E-state index in [-0.39, 0.29) is 17.9 Å². The van der Waals surface area contributed by atoms with Crippen LogP contribution in [0.3, 0.4) is 0 Å². The number of benzene rings is 2. The van der Waals surface area contributed by atoms with Crippen molar-refractivity contribution in [2.75, 3.05) is 39.3 Å². The van der Waals surface area contributed by atoms with Crippen LogP contribution in [0.5, 0.6) is 0 Å². The maximum absolute atomic E-state index is 13.4. The fourth-order valence-electron chi connectivity index (χ4n) is 5.02. The van der Waals surface area contributed by atoms with Crippen molar-refractivity contribution < 1.29 is 9.59 Å². The monoisotopic (exact) mass is 527 g/mol. The highest BCUT2D eigenvalue weighted by Crippen LogP contribution is 2.38. The van der Waals surface area contributed by atoms with Crippen molar-refractivity contribution >= 4 is 46.4 Å². The van der Waals surface area contributed by atoms with E-state index in [0.717, 1.165) is 24.9 Å². The lowest BCUT2D eigenvalue weighted by Crippen LogP contribution is -2.45. The molecule has 2 aliphatic rings. The van der Waals surface area contributed by atoms with Crippen molar-refractivity contribution in [2.45, 2.75) is 18.9 Å². The van der Waals surface area contributed by atoms with Gasteiger partial charge in [-0.05, 0) is 59.7 Å². The van der Waals surface area contributed by atoms with E-state index in [0.29, 0.717) is 48.3 Å². The molecule has 0 spiro atoms. The second-order valence-corrected chi connectivity index (χ2v) is 10.8. The summed E-state index contributed by atoms with van der Waals surface area (Å²) in [5, 5.41) is 3.30. The largest absolute Gasteiger partial charge is 0.340 e. The molecular weight excluding hydrogens is 501 g/mol. The van der Waals surface area contributed by atoms with Gasteiger partial charge < -0.3 is 9.80 Å². The van der Waals surface area contributed by atoms with Gasteiger partial charge in [-0.25, -0.2) is 0 Å². The van der Waals surface area contributed by atoms with E-state index < -0.39 is 0 Å². The molecule has 8 heteroatoms. The van der Waals surface area contributed by atoms with Gasteiger partial charge in [-0.2, -0.15) is 0 Å². The fraction of sp³-hybridized carbons (Fsp3) is 0.333. The molecule has 2 amide bonds. The van der Waals surface area contributed by atoms with Gasteiger partial charge in [0.2, 0.25) is 5.91 Å². The van der Waals surface area contributed by atoms with Gasteiger partial charge >= 0.3 is 0 Å². The molecule has 3 aromatic rings. The van der Waals surface area contributed by atoms with Crippen LogP contribution >= 0.6 is 34.5 Å². The molecule has 0 aliphatic carbocycles. The normalized spacial score (nSPS) is 18.7. The summed E-state index contributed by atoms with van der Waals surface area (Å²) >= 11 is 14.2. The van der Waals surface area contributed by atoms with Gasteiger partial charge in [-0.1, -0.05) is 47.5 Å². The number of carbonyl (C=O) groups is 2. The first-order valence-electron chi connectivity index (χ1n) is 11.9. The summed E-state index contributed by atoms with van der Waals surface area (Å²) in [4.78, 5) is 33.8. The van der Waals surface area contributed by atoms with Crippen molar-refractivity contribution in [3.05, 3.63) is 91.6 Å². The Balaban J connectivity index is 1.28. The highest BCUT2D eigenvalue weighted by Gasteiger charge is 2.32. The predicted molar refractivity (Wildman–Crippen MR) is 141 cm³/mol. The summed E-state index contributed by atoms with van der Waals surface area (Å²) in [5.74, 6) is 0.0309. The zero-order valence-electron chi connectivity index (χ0n) is 19.3. The Morgan fingerprint density at radius 1 is 0.886 bits per heavy atom. The van der Waals surface area contributed by atoms with Crippen LogP contribution < -0.4 is 0 Å². The Labute approximate surface area is 219 Å². The number of hydrogen-bond acceptors (Lipinski definition) is 4. The highest BCUT2D eigenvalue weighted by molar-refractivity contribution is 7.10. The molecule has 2 aromatic carbocycles. The van der Waals surface area contributed by atoms with Gasteiger partial charge in [-0.3, -0.25) is 14.5 Å². The first kappa shape index (κ1) is 24.3. The third kappa shape index (κ3) is 5.26. The molecule has 2 aliphatic heterocycles. The maximum atomic E-state index is 13.4. The molecule has 1 fully saturated rings. The Morgan fingerprint density at radius 2 is 1.63 bits per heavy atom. The zero-order valence-corrected chi connectivity index (χ0v) is 21.7. The molecule has 1 atom stereocenters. The first-order chi connectivity index (χ1) is 17.0. The number of amides is 2. The predicted octanol–water partition coefficient (Wildman–Crippen LogP) is 5.38. The molecule has 182 valence electrons. The second kappa shape index (κ2) is 10.7. The minimum atomic E-state index is -0.0753. The van der Waals surface area contributed by atoms with Crippen LogP contribution in [0.4, 0.5) is 0 Å². The Hall–Kier alpha value is -2.38. The third-order valence-electron chi connectivity index (χ3n) is 6.83. The number of carbonyl (C=O) groups excluding carboxylic acids is 2. The summed E-state index contributed by atoms with van der Waals surface area (Å²) in [6.07, 6.45) is 1.70. The third-order valence-corrected chi connectivity index (χ3v) is 8.41. The number of hydrogen-bond donors (Lipinski definition) is 0. The number of fused-ring (bicyclic) bond motifs is 1. The summed E-state index contributed by atoms with van der Waals surface area (Å²) in [6.45, 7) is 3.47. The average molecular weight is 529 g/mol. The van der Waals surface area contributed by atoms with Crippen LogP contribution in [0.2, 0.25) is 10.0 Å². The molecule has 0 radical (unpaired) electrons. The summed E-state index contributed by atoms with van der Waals surface area (Å²) in [7, 11) is 0. The molecule has 1 aromatic heterocycles. The molecule has 35 heavy (non-hydrogen) atoms. The second-order valence-electron chi connectivity index (χ2n) is 8.98. The van der Waals surface area contributed by atoms with E-state index in [1.165, 1.54) is 10.4 Å². The minimum Gasteiger partial charge on any atom is -0.340 e. The number of nitrogens with zero attached hydrogens (tertiary/aromatic N) is 3. The Morgan fingerprint density at radius 3 is 2.43 bits per heavy atom. The average Bonchev–Trinajstić information content (AvgIpc) is 3.20. The van der Waals surface area contributed by atoms with Crippen LogP contribution in [0, 0.1) is 0 Å². The number of thiophene rings is 1. The van der Waals surface area contributed by atoms with Crippen LogP contribution in [0.25, 0.3) is 0 Å². The lowest BCUT2D eigenvalue weighted by Gasteiger charge is -2.37. The first-order valence-corrected chi connectivity index (χ1v) is 13.5. The van der Waals surface area contributed by atoms with E-state index in [1.807, 2.05) is 34.1 Å². The fourth-order valence-corrected chi connectivity index (χ4v) is 6.27. The summed E-state index contributed by atoms with van der Waals surface area (Å²) in [6, 6.07) is 17.3. The van der Waals surface area contributed by atoms with Gasteiger partial charge in [0, 0.05) is 42.6 Å². The SMILES string of the molecule is O=C(CN1CCc2sccc2[C@H]1c1ccc(Cl)cc1)N1CCCN(C(=O)c2ccccc2Cl)CC1. The minimum absolute atomic E-state index is 0.0384. The molecule has 3 heterocycles. The van der Waals surface area contributed by atoms with E-state index >= 15 is 0 Å². The van der Waals surface area contributed by atoms with Crippen LogP contribution in [-0.2, 0) is 11.2 Å². The summed E-state index contributed by atoms with van der Waals surface area (Å²) < 4.78 is 0. The van der Waals surface area contributed by atoms with Gasteiger partial charge in [0.15, 0.2) is 0 Å². The van der Waals surface area contributed by atoms with Gasteiger partial charge in [0.25, 0.3) is 5.91 Å². The molecule has 5 nitrogen and oxygen atoms in total. The molecule has 5 rings (SSSR count). The van der Waals surface area contributed by atoms with Crippen LogP contribution in [0.15, 0.2) is 60.0 Å². The van der Waals surface area contributed by atoms with Crippen molar-refractivity contribution in [3.8, 4) is 0 Å². The van der Waals surface area contributed by atoms with Gasteiger partial charge in [0.1, 0.15) is 0 Å². The lowest BCUT2D eigenvalue weighted by molar-refractivity contribution is -0.132. The van der Waals surface area contributed by atoms with E-state index in [4.69, 9.17) is 23.2 Å².